The number of hydrogen-bond donors (Lipinski definition) is 3. The zero-order valence-corrected chi connectivity index (χ0v) is 15.6. The molecule has 0 bridgehead atoms. The first-order chi connectivity index (χ1) is 14.2. The van der Waals surface area contributed by atoms with Crippen molar-refractivity contribution < 1.29 is 42.4 Å². The second-order valence-corrected chi connectivity index (χ2v) is 6.29. The van der Waals surface area contributed by atoms with Crippen molar-refractivity contribution in [2.75, 3.05) is 6.54 Å². The monoisotopic (exact) mass is 427 g/mol. The molecular formula is C20H20F3NO6. The Hall–Kier alpha value is -3.11. The van der Waals surface area contributed by atoms with Gasteiger partial charge in [-0.05, 0) is 35.7 Å². The van der Waals surface area contributed by atoms with Gasteiger partial charge in [0.2, 0.25) is 0 Å². The molecule has 0 saturated heterocycles. The quantitative estimate of drug-likeness (QED) is 0.531. The van der Waals surface area contributed by atoms with E-state index in [1.807, 2.05) is 6.07 Å². The van der Waals surface area contributed by atoms with Crippen LogP contribution in [0.5, 0.6) is 5.75 Å². The first kappa shape index (κ1) is 23.2. The van der Waals surface area contributed by atoms with Crippen molar-refractivity contribution in [1.29, 1.82) is 0 Å². The number of alkyl carbamates (subject to hydrolysis) is 1. The van der Waals surface area contributed by atoms with Gasteiger partial charge in [-0.3, -0.25) is 4.79 Å². The van der Waals surface area contributed by atoms with E-state index < -0.39 is 30.4 Å². The molecule has 10 heteroatoms. The molecule has 7 nitrogen and oxygen atoms in total. The lowest BCUT2D eigenvalue weighted by atomic mass is 10.00. The molecule has 0 spiro atoms. The summed E-state index contributed by atoms with van der Waals surface area (Å²) in [5, 5.41) is 22.7. The third kappa shape index (κ3) is 7.72. The van der Waals surface area contributed by atoms with Crippen LogP contribution in [-0.4, -0.2) is 41.6 Å². The topological polar surface area (TPSA) is 105 Å². The average molecular weight is 427 g/mol. The van der Waals surface area contributed by atoms with Crippen LogP contribution in [0, 0.1) is 0 Å². The van der Waals surface area contributed by atoms with Crippen molar-refractivity contribution in [3.8, 4) is 5.75 Å². The van der Waals surface area contributed by atoms with Gasteiger partial charge in [-0.1, -0.05) is 30.3 Å². The summed E-state index contributed by atoms with van der Waals surface area (Å²) in [6.45, 7) is -0.0105. The van der Waals surface area contributed by atoms with Crippen molar-refractivity contribution in [3.63, 3.8) is 0 Å². The summed E-state index contributed by atoms with van der Waals surface area (Å²) in [6.07, 6.45) is -8.59. The molecule has 2 atom stereocenters. The van der Waals surface area contributed by atoms with Crippen LogP contribution < -0.4 is 10.1 Å². The molecule has 0 heterocycles. The number of benzene rings is 2. The minimum atomic E-state index is -4.98. The van der Waals surface area contributed by atoms with E-state index in [9.17, 15) is 33.0 Å². The minimum absolute atomic E-state index is 0.0539. The fourth-order valence-electron chi connectivity index (χ4n) is 2.55. The van der Waals surface area contributed by atoms with E-state index in [2.05, 4.69) is 10.1 Å². The minimum Gasteiger partial charge on any atom is -0.445 e. The van der Waals surface area contributed by atoms with Crippen LogP contribution in [-0.2, 0) is 11.3 Å². The van der Waals surface area contributed by atoms with Gasteiger partial charge in [0, 0.05) is 12.1 Å². The second-order valence-electron chi connectivity index (χ2n) is 6.29. The number of aldehydes is 1. The Balaban J connectivity index is 1.87. The third-order valence-corrected chi connectivity index (χ3v) is 3.95. The Morgan fingerprint density at radius 2 is 1.83 bits per heavy atom. The van der Waals surface area contributed by atoms with E-state index in [0.717, 1.165) is 23.8 Å². The summed E-state index contributed by atoms with van der Waals surface area (Å²) in [5.41, 5.74) is 0.480. The summed E-state index contributed by atoms with van der Waals surface area (Å²) in [6, 6.07) is 11.8. The van der Waals surface area contributed by atoms with Crippen LogP contribution in [0.1, 0.15) is 34.0 Å². The number of hydrogen-bond acceptors (Lipinski definition) is 6. The molecule has 0 aliphatic rings. The van der Waals surface area contributed by atoms with Crippen molar-refractivity contribution in [2.24, 2.45) is 0 Å². The highest BCUT2D eigenvalue weighted by Crippen LogP contribution is 2.28. The van der Waals surface area contributed by atoms with Crippen molar-refractivity contribution in [1.82, 2.24) is 5.32 Å². The van der Waals surface area contributed by atoms with Crippen LogP contribution in [0.25, 0.3) is 0 Å². The first-order valence-corrected chi connectivity index (χ1v) is 8.84. The normalized spacial score (nSPS) is 13.2. The Morgan fingerprint density at radius 1 is 1.13 bits per heavy atom. The fourth-order valence-corrected chi connectivity index (χ4v) is 2.55. The van der Waals surface area contributed by atoms with E-state index in [-0.39, 0.29) is 37.0 Å². The van der Waals surface area contributed by atoms with Gasteiger partial charge in [-0.15, -0.1) is 13.2 Å². The molecule has 0 radical (unpaired) electrons. The molecule has 2 unspecified atom stereocenters. The number of carbonyl (C=O) groups excluding carboxylic acids is 2. The number of aliphatic hydroxyl groups is 2. The average Bonchev–Trinajstić information content (AvgIpc) is 2.70. The number of ether oxygens (including phenoxy) is 2. The maximum Gasteiger partial charge on any atom is 0.573 e. The Bertz CT molecular complexity index is 844. The molecule has 3 N–H and O–H groups in total. The predicted molar refractivity (Wildman–Crippen MR) is 98.7 cm³/mol. The molecule has 2 aromatic rings. The maximum absolute atomic E-state index is 12.4. The van der Waals surface area contributed by atoms with Crippen molar-refractivity contribution in [2.45, 2.75) is 31.6 Å². The third-order valence-electron chi connectivity index (χ3n) is 3.95. The summed E-state index contributed by atoms with van der Waals surface area (Å²) in [4.78, 5) is 22.6. The van der Waals surface area contributed by atoms with Crippen LogP contribution in [0.15, 0.2) is 48.5 Å². The van der Waals surface area contributed by atoms with E-state index in [4.69, 9.17) is 4.74 Å². The van der Waals surface area contributed by atoms with Gasteiger partial charge in [-0.2, -0.15) is 0 Å². The summed E-state index contributed by atoms with van der Waals surface area (Å²) >= 11 is 0. The number of amides is 1. The number of aliphatic hydroxyl groups excluding tert-OH is 2. The summed E-state index contributed by atoms with van der Waals surface area (Å²) < 4.78 is 46.0. The first-order valence-electron chi connectivity index (χ1n) is 8.84. The smallest absolute Gasteiger partial charge is 0.445 e. The maximum atomic E-state index is 12.4. The molecule has 0 aliphatic heterocycles. The molecule has 30 heavy (non-hydrogen) atoms. The molecule has 162 valence electrons. The SMILES string of the molecule is O=Cc1cc(OC(F)(F)F)cc(C(O)C(O)CCNC(=O)OCc2ccccc2)c1. The highest BCUT2D eigenvalue weighted by molar-refractivity contribution is 5.76. The van der Waals surface area contributed by atoms with E-state index in [1.54, 1.807) is 24.3 Å². The van der Waals surface area contributed by atoms with Gasteiger partial charge < -0.3 is 25.0 Å². The summed E-state index contributed by atoms with van der Waals surface area (Å²) in [5.74, 6) is -0.698. The Labute approximate surface area is 170 Å². The lowest BCUT2D eigenvalue weighted by molar-refractivity contribution is -0.274. The number of rotatable bonds is 9. The lowest BCUT2D eigenvalue weighted by Gasteiger charge is -2.20. The van der Waals surface area contributed by atoms with Crippen LogP contribution in [0.4, 0.5) is 18.0 Å². The fraction of sp³-hybridized carbons (Fsp3) is 0.300. The predicted octanol–water partition coefficient (Wildman–Crippen LogP) is 3.11. The van der Waals surface area contributed by atoms with Gasteiger partial charge in [0.05, 0.1) is 6.10 Å². The second kappa shape index (κ2) is 10.6. The van der Waals surface area contributed by atoms with Crippen molar-refractivity contribution in [3.05, 3.63) is 65.2 Å². The van der Waals surface area contributed by atoms with Crippen LogP contribution in [0.2, 0.25) is 0 Å². The van der Waals surface area contributed by atoms with Gasteiger partial charge in [0.1, 0.15) is 24.7 Å². The Morgan fingerprint density at radius 3 is 2.47 bits per heavy atom. The Kier molecular flexibility index (Phi) is 8.19. The van der Waals surface area contributed by atoms with Gasteiger partial charge in [0.25, 0.3) is 0 Å². The van der Waals surface area contributed by atoms with Crippen molar-refractivity contribution >= 4 is 12.4 Å². The number of nitrogens with one attached hydrogen (secondary N) is 1. The standard InChI is InChI=1S/C20H20F3NO6/c21-20(22,23)30-16-9-14(11-25)8-15(10-16)18(27)17(26)6-7-24-19(28)29-12-13-4-2-1-3-5-13/h1-5,8-11,17-18,26-27H,6-7,12H2,(H,24,28). The molecule has 2 rings (SSSR count). The molecule has 2 aromatic carbocycles. The number of carbonyl (C=O) groups is 2. The van der Waals surface area contributed by atoms with Crippen LogP contribution in [0.3, 0.4) is 0 Å². The van der Waals surface area contributed by atoms with Crippen LogP contribution >= 0.6 is 0 Å². The largest absolute Gasteiger partial charge is 0.573 e. The van der Waals surface area contributed by atoms with Gasteiger partial charge in [0.15, 0.2) is 0 Å². The molecule has 1 amide bonds. The van der Waals surface area contributed by atoms with E-state index in [0.29, 0.717) is 0 Å². The lowest BCUT2D eigenvalue weighted by Crippen LogP contribution is -2.29. The van der Waals surface area contributed by atoms with E-state index in [1.165, 1.54) is 0 Å². The molecule has 0 aliphatic carbocycles. The zero-order valence-electron chi connectivity index (χ0n) is 15.6. The molecule has 0 aromatic heterocycles. The highest BCUT2D eigenvalue weighted by Gasteiger charge is 2.32. The van der Waals surface area contributed by atoms with Gasteiger partial charge >= 0.3 is 12.5 Å². The summed E-state index contributed by atoms with van der Waals surface area (Å²) in [7, 11) is 0. The number of halogens is 3. The van der Waals surface area contributed by atoms with Gasteiger partial charge in [-0.25, -0.2) is 4.79 Å². The molecular weight excluding hydrogens is 407 g/mol. The molecule has 0 saturated carbocycles. The zero-order chi connectivity index (χ0) is 22.1. The van der Waals surface area contributed by atoms with E-state index >= 15 is 0 Å². The number of alkyl halides is 3. The molecule has 0 fully saturated rings. The highest BCUT2D eigenvalue weighted by atomic mass is 19.4.